The summed E-state index contributed by atoms with van der Waals surface area (Å²) in [6.45, 7) is 1.28. The van der Waals surface area contributed by atoms with Gasteiger partial charge in [-0.2, -0.15) is 5.26 Å². The maximum Gasteiger partial charge on any atom is 0.324 e. The summed E-state index contributed by atoms with van der Waals surface area (Å²) in [7, 11) is -3.70. The molecule has 1 aliphatic rings. The Kier molecular flexibility index (Phi) is 4.94. The lowest BCUT2D eigenvalue weighted by Gasteiger charge is -2.23. The van der Waals surface area contributed by atoms with Crippen LogP contribution in [0.2, 0.25) is 0 Å². The molecule has 0 aliphatic heterocycles. The monoisotopic (exact) mass is 259 g/mol. The van der Waals surface area contributed by atoms with E-state index in [2.05, 4.69) is 0 Å². The molecule has 1 fully saturated rings. The van der Waals surface area contributed by atoms with Gasteiger partial charge in [-0.05, 0) is 32.6 Å². The molecule has 0 saturated heterocycles. The van der Waals surface area contributed by atoms with Crippen LogP contribution in [0.4, 0.5) is 0 Å². The highest BCUT2D eigenvalue weighted by Gasteiger charge is 2.31. The Labute approximate surface area is 102 Å². The van der Waals surface area contributed by atoms with Crippen molar-refractivity contribution in [2.24, 2.45) is 0 Å². The SMILES string of the molecule is CC(C(=O)OC1CCCCC1)S(=O)(=O)CC#N. The fourth-order valence-electron chi connectivity index (χ4n) is 1.80. The lowest BCUT2D eigenvalue weighted by atomic mass is 9.98. The number of sulfone groups is 1. The van der Waals surface area contributed by atoms with E-state index in [9.17, 15) is 13.2 Å². The van der Waals surface area contributed by atoms with E-state index in [0.29, 0.717) is 0 Å². The number of hydrogen-bond donors (Lipinski definition) is 0. The molecule has 0 N–H and O–H groups in total. The molecule has 0 aromatic rings. The predicted octanol–water partition coefficient (Wildman–Crippen LogP) is 1.19. The van der Waals surface area contributed by atoms with Crippen LogP contribution >= 0.6 is 0 Å². The minimum absolute atomic E-state index is 0.156. The highest BCUT2D eigenvalue weighted by atomic mass is 32.2. The number of ether oxygens (including phenoxy) is 1. The van der Waals surface area contributed by atoms with E-state index in [1.807, 2.05) is 0 Å². The van der Waals surface area contributed by atoms with Crippen molar-refractivity contribution in [3.8, 4) is 6.07 Å². The quantitative estimate of drug-likeness (QED) is 0.708. The molecule has 0 amide bonds. The molecule has 0 aromatic heterocycles. The lowest BCUT2D eigenvalue weighted by molar-refractivity contribution is -0.149. The molecule has 0 aromatic carbocycles. The van der Waals surface area contributed by atoms with Gasteiger partial charge in [-0.3, -0.25) is 4.79 Å². The van der Waals surface area contributed by atoms with Crippen LogP contribution in [0.3, 0.4) is 0 Å². The molecule has 0 radical (unpaired) electrons. The third kappa shape index (κ3) is 4.00. The topological polar surface area (TPSA) is 84.2 Å². The Hall–Kier alpha value is -1.09. The van der Waals surface area contributed by atoms with Gasteiger partial charge in [0.2, 0.25) is 0 Å². The molecule has 5 nitrogen and oxygen atoms in total. The molecule has 96 valence electrons. The minimum atomic E-state index is -3.70. The number of carbonyl (C=O) groups is 1. The predicted molar refractivity (Wildman–Crippen MR) is 61.8 cm³/mol. The molecule has 0 spiro atoms. The Balaban J connectivity index is 2.55. The Bertz CT molecular complexity index is 404. The highest BCUT2D eigenvalue weighted by Crippen LogP contribution is 2.21. The summed E-state index contributed by atoms with van der Waals surface area (Å²) in [5.74, 6) is -1.37. The van der Waals surface area contributed by atoms with Crippen molar-refractivity contribution in [3.05, 3.63) is 0 Å². The normalized spacial score (nSPS) is 19.3. The van der Waals surface area contributed by atoms with Crippen LogP contribution in [0.15, 0.2) is 0 Å². The van der Waals surface area contributed by atoms with E-state index >= 15 is 0 Å². The zero-order valence-corrected chi connectivity index (χ0v) is 10.7. The van der Waals surface area contributed by atoms with E-state index in [1.54, 1.807) is 6.07 Å². The van der Waals surface area contributed by atoms with E-state index in [-0.39, 0.29) is 6.10 Å². The maximum atomic E-state index is 11.6. The average molecular weight is 259 g/mol. The molecular formula is C11H17NO4S. The van der Waals surface area contributed by atoms with Crippen molar-refractivity contribution < 1.29 is 17.9 Å². The summed E-state index contributed by atoms with van der Waals surface area (Å²) in [6.07, 6.45) is 4.61. The molecule has 17 heavy (non-hydrogen) atoms. The van der Waals surface area contributed by atoms with E-state index < -0.39 is 26.8 Å². The molecule has 0 heterocycles. The van der Waals surface area contributed by atoms with Crippen molar-refractivity contribution in [3.63, 3.8) is 0 Å². The third-order valence-electron chi connectivity index (χ3n) is 2.97. The summed E-state index contributed by atoms with van der Waals surface area (Å²) in [5.41, 5.74) is 0. The van der Waals surface area contributed by atoms with Crippen LogP contribution in [0.5, 0.6) is 0 Å². The Morgan fingerprint density at radius 3 is 2.53 bits per heavy atom. The number of esters is 1. The molecule has 1 aliphatic carbocycles. The van der Waals surface area contributed by atoms with Gasteiger partial charge in [-0.1, -0.05) is 6.42 Å². The van der Waals surface area contributed by atoms with Crippen LogP contribution < -0.4 is 0 Å². The van der Waals surface area contributed by atoms with Crippen molar-refractivity contribution >= 4 is 15.8 Å². The number of nitriles is 1. The first-order valence-corrected chi connectivity index (χ1v) is 7.48. The number of rotatable bonds is 4. The highest BCUT2D eigenvalue weighted by molar-refractivity contribution is 7.92. The van der Waals surface area contributed by atoms with Gasteiger partial charge in [0.25, 0.3) is 0 Å². The zero-order valence-electron chi connectivity index (χ0n) is 9.89. The number of nitrogens with zero attached hydrogens (tertiary/aromatic N) is 1. The maximum absolute atomic E-state index is 11.6. The van der Waals surface area contributed by atoms with Crippen LogP contribution in [-0.4, -0.2) is 31.5 Å². The first-order valence-electron chi connectivity index (χ1n) is 5.76. The number of carbonyl (C=O) groups excluding carboxylic acids is 1. The first-order chi connectivity index (χ1) is 7.97. The summed E-state index contributed by atoms with van der Waals surface area (Å²) in [5, 5.41) is 7.13. The first kappa shape index (κ1) is 14.0. The van der Waals surface area contributed by atoms with Gasteiger partial charge < -0.3 is 4.74 Å². The van der Waals surface area contributed by atoms with Crippen molar-refractivity contribution in [1.29, 1.82) is 5.26 Å². The summed E-state index contributed by atoms with van der Waals surface area (Å²) in [6, 6.07) is 1.55. The molecule has 0 bridgehead atoms. The van der Waals surface area contributed by atoms with Gasteiger partial charge >= 0.3 is 5.97 Å². The zero-order chi connectivity index (χ0) is 12.9. The summed E-state index contributed by atoms with van der Waals surface area (Å²) >= 11 is 0. The Morgan fingerprint density at radius 1 is 1.41 bits per heavy atom. The van der Waals surface area contributed by atoms with Crippen LogP contribution in [0.1, 0.15) is 39.0 Å². The van der Waals surface area contributed by atoms with Crippen LogP contribution in [0.25, 0.3) is 0 Å². The third-order valence-corrected chi connectivity index (χ3v) is 4.77. The van der Waals surface area contributed by atoms with Crippen LogP contribution in [0, 0.1) is 11.3 Å². The standard InChI is InChI=1S/C11H17NO4S/c1-9(17(14,15)8-7-12)11(13)16-10-5-3-2-4-6-10/h9-10H,2-6,8H2,1H3. The largest absolute Gasteiger partial charge is 0.461 e. The second-order valence-corrected chi connectivity index (χ2v) is 6.63. The van der Waals surface area contributed by atoms with Crippen molar-refractivity contribution in [1.82, 2.24) is 0 Å². The lowest BCUT2D eigenvalue weighted by Crippen LogP contribution is -2.34. The molecule has 1 rings (SSSR count). The second-order valence-electron chi connectivity index (χ2n) is 4.30. The van der Waals surface area contributed by atoms with Gasteiger partial charge in [-0.15, -0.1) is 0 Å². The summed E-state index contributed by atoms with van der Waals surface area (Å²) < 4.78 is 28.1. The van der Waals surface area contributed by atoms with Crippen molar-refractivity contribution in [2.45, 2.75) is 50.4 Å². The van der Waals surface area contributed by atoms with E-state index in [4.69, 9.17) is 10.00 Å². The van der Waals surface area contributed by atoms with E-state index in [1.165, 1.54) is 6.92 Å². The van der Waals surface area contributed by atoms with Gasteiger partial charge in [0.15, 0.2) is 15.1 Å². The van der Waals surface area contributed by atoms with E-state index in [0.717, 1.165) is 32.1 Å². The Morgan fingerprint density at radius 2 is 2.00 bits per heavy atom. The molecule has 1 saturated carbocycles. The smallest absolute Gasteiger partial charge is 0.324 e. The van der Waals surface area contributed by atoms with Crippen molar-refractivity contribution in [2.75, 3.05) is 5.75 Å². The molecule has 1 unspecified atom stereocenters. The van der Waals surface area contributed by atoms with Crippen LogP contribution in [-0.2, 0) is 19.4 Å². The average Bonchev–Trinajstić information content (AvgIpc) is 2.29. The fourth-order valence-corrected chi connectivity index (χ4v) is 2.58. The van der Waals surface area contributed by atoms with Gasteiger partial charge in [0, 0.05) is 0 Å². The molecule has 6 heteroatoms. The molecular weight excluding hydrogens is 242 g/mol. The summed E-state index contributed by atoms with van der Waals surface area (Å²) in [4.78, 5) is 11.6. The van der Waals surface area contributed by atoms with Gasteiger partial charge in [-0.25, -0.2) is 8.42 Å². The number of hydrogen-bond acceptors (Lipinski definition) is 5. The van der Waals surface area contributed by atoms with Gasteiger partial charge in [0.05, 0.1) is 6.07 Å². The van der Waals surface area contributed by atoms with Gasteiger partial charge in [0.1, 0.15) is 11.9 Å². The fraction of sp³-hybridized carbons (Fsp3) is 0.818. The second kappa shape index (κ2) is 6.01. The minimum Gasteiger partial charge on any atom is -0.461 e. The molecule has 1 atom stereocenters.